The van der Waals surface area contributed by atoms with Crippen molar-refractivity contribution in [1.29, 1.82) is 0 Å². The van der Waals surface area contributed by atoms with Gasteiger partial charge in [0.05, 0.1) is 0 Å². The van der Waals surface area contributed by atoms with Crippen molar-refractivity contribution in [2.45, 2.75) is 19.8 Å². The molecule has 0 aromatic rings. The molecule has 0 atom stereocenters. The largest absolute Gasteiger partial charge is 0.351 e. The molecule has 0 saturated heterocycles. The molecule has 72 valence electrons. The van der Waals surface area contributed by atoms with Gasteiger partial charge in [0.1, 0.15) is 4.48 Å². The van der Waals surface area contributed by atoms with Crippen LogP contribution in [0.25, 0.3) is 0 Å². The highest BCUT2D eigenvalue weighted by Gasteiger charge is 2.37. The van der Waals surface area contributed by atoms with Gasteiger partial charge in [-0.05, 0) is 40.9 Å². The molecule has 0 spiro atoms. The minimum absolute atomic E-state index is 0.125. The number of nitrogens with zero attached hydrogens (tertiary/aromatic N) is 1. The Balaban J connectivity index is 2.32. The lowest BCUT2D eigenvalue weighted by atomic mass is 10.1. The van der Waals surface area contributed by atoms with Gasteiger partial charge in [-0.3, -0.25) is 9.79 Å². The smallest absolute Gasteiger partial charge is 0.259 e. The summed E-state index contributed by atoms with van der Waals surface area (Å²) in [5, 5.41) is 2.83. The molecule has 0 bridgehead atoms. The number of carbonyl (C=O) groups excluding carboxylic acids is 1. The van der Waals surface area contributed by atoms with Crippen LogP contribution in [0, 0.1) is 5.41 Å². The molecule has 0 unspecified atom stereocenters. The first-order valence-electron chi connectivity index (χ1n) is 4.17. The molecule has 1 aliphatic rings. The van der Waals surface area contributed by atoms with Crippen LogP contribution in [0.3, 0.4) is 0 Å². The number of hydrogen-bond acceptors (Lipinski definition) is 2. The van der Waals surface area contributed by atoms with Crippen LogP contribution in [0.15, 0.2) is 15.7 Å². The van der Waals surface area contributed by atoms with E-state index >= 15 is 0 Å². The SMILES string of the molecule is C=N/C=C(/Br)C(=O)NCC1(C)CC1. The monoisotopic (exact) mass is 244 g/mol. The van der Waals surface area contributed by atoms with Gasteiger partial charge < -0.3 is 5.32 Å². The fourth-order valence-corrected chi connectivity index (χ4v) is 1.19. The highest BCUT2D eigenvalue weighted by molar-refractivity contribution is 9.12. The summed E-state index contributed by atoms with van der Waals surface area (Å²) in [4.78, 5) is 14.8. The zero-order valence-corrected chi connectivity index (χ0v) is 9.23. The third-order valence-corrected chi connectivity index (χ3v) is 2.77. The lowest BCUT2D eigenvalue weighted by Gasteiger charge is -2.08. The van der Waals surface area contributed by atoms with E-state index in [1.807, 2.05) is 0 Å². The van der Waals surface area contributed by atoms with Gasteiger partial charge in [0.15, 0.2) is 0 Å². The summed E-state index contributed by atoms with van der Waals surface area (Å²) >= 11 is 3.11. The molecule has 1 N–H and O–H groups in total. The number of nitrogens with one attached hydrogen (secondary N) is 1. The molecule has 1 saturated carbocycles. The van der Waals surface area contributed by atoms with E-state index in [-0.39, 0.29) is 5.91 Å². The summed E-state index contributed by atoms with van der Waals surface area (Å²) in [5.41, 5.74) is 0.338. The molecule has 0 aromatic carbocycles. The van der Waals surface area contributed by atoms with Gasteiger partial charge in [0, 0.05) is 12.7 Å². The van der Waals surface area contributed by atoms with Gasteiger partial charge in [-0.15, -0.1) is 0 Å². The lowest BCUT2D eigenvalue weighted by Crippen LogP contribution is -2.28. The molecule has 1 aliphatic carbocycles. The molecule has 0 aliphatic heterocycles. The molecule has 13 heavy (non-hydrogen) atoms. The van der Waals surface area contributed by atoms with Crippen LogP contribution in [-0.4, -0.2) is 19.2 Å². The van der Waals surface area contributed by atoms with E-state index in [0.717, 1.165) is 6.54 Å². The van der Waals surface area contributed by atoms with E-state index in [4.69, 9.17) is 0 Å². The van der Waals surface area contributed by atoms with Crippen LogP contribution in [0.5, 0.6) is 0 Å². The predicted molar refractivity (Wildman–Crippen MR) is 56.9 cm³/mol. The van der Waals surface area contributed by atoms with Crippen molar-refractivity contribution in [1.82, 2.24) is 5.32 Å². The van der Waals surface area contributed by atoms with Crippen LogP contribution in [0.1, 0.15) is 19.8 Å². The molecular formula is C9H13BrN2O. The van der Waals surface area contributed by atoms with Crippen LogP contribution < -0.4 is 5.32 Å². The molecular weight excluding hydrogens is 232 g/mol. The van der Waals surface area contributed by atoms with Crippen LogP contribution in [0.2, 0.25) is 0 Å². The molecule has 0 aromatic heterocycles. The first kappa shape index (κ1) is 10.4. The van der Waals surface area contributed by atoms with Crippen molar-refractivity contribution in [2.75, 3.05) is 6.54 Å². The van der Waals surface area contributed by atoms with Crippen molar-refractivity contribution in [3.63, 3.8) is 0 Å². The fourth-order valence-electron chi connectivity index (χ4n) is 0.907. The molecule has 4 heteroatoms. The first-order chi connectivity index (χ1) is 6.07. The Labute approximate surface area is 86.4 Å². The zero-order valence-electron chi connectivity index (χ0n) is 7.64. The second-order valence-corrected chi connectivity index (χ2v) is 4.51. The van der Waals surface area contributed by atoms with Crippen LogP contribution in [-0.2, 0) is 4.79 Å². The number of carbonyl (C=O) groups is 1. The first-order valence-corrected chi connectivity index (χ1v) is 4.96. The minimum atomic E-state index is -0.125. The Morgan fingerprint density at radius 1 is 1.77 bits per heavy atom. The van der Waals surface area contributed by atoms with Gasteiger partial charge >= 0.3 is 0 Å². The molecule has 3 nitrogen and oxygen atoms in total. The van der Waals surface area contributed by atoms with E-state index < -0.39 is 0 Å². The maximum atomic E-state index is 11.3. The second-order valence-electron chi connectivity index (χ2n) is 3.65. The van der Waals surface area contributed by atoms with Crippen molar-refractivity contribution >= 4 is 28.6 Å². The van der Waals surface area contributed by atoms with Crippen molar-refractivity contribution in [3.8, 4) is 0 Å². The van der Waals surface area contributed by atoms with Crippen molar-refractivity contribution in [2.24, 2.45) is 10.4 Å². The number of halogens is 1. The molecule has 1 fully saturated rings. The van der Waals surface area contributed by atoms with Gasteiger partial charge in [0.25, 0.3) is 5.91 Å². The van der Waals surface area contributed by atoms with Crippen molar-refractivity contribution in [3.05, 3.63) is 10.7 Å². The lowest BCUT2D eigenvalue weighted by molar-refractivity contribution is -0.117. The Kier molecular flexibility index (Phi) is 3.25. The Morgan fingerprint density at radius 2 is 2.38 bits per heavy atom. The highest BCUT2D eigenvalue weighted by Crippen LogP contribution is 2.44. The zero-order chi connectivity index (χ0) is 9.90. The molecule has 1 amide bonds. The normalized spacial score (nSPS) is 19.4. The van der Waals surface area contributed by atoms with Crippen LogP contribution >= 0.6 is 15.9 Å². The van der Waals surface area contributed by atoms with Gasteiger partial charge in [-0.25, -0.2) is 0 Å². The average molecular weight is 245 g/mol. The van der Waals surface area contributed by atoms with E-state index in [1.165, 1.54) is 19.0 Å². The van der Waals surface area contributed by atoms with Crippen molar-refractivity contribution < 1.29 is 4.79 Å². The Hall–Kier alpha value is -0.640. The summed E-state index contributed by atoms with van der Waals surface area (Å²) in [5.74, 6) is -0.125. The molecule has 0 radical (unpaired) electrons. The summed E-state index contributed by atoms with van der Waals surface area (Å²) in [6, 6.07) is 0. The summed E-state index contributed by atoms with van der Waals surface area (Å²) < 4.78 is 0.423. The number of amides is 1. The third-order valence-electron chi connectivity index (χ3n) is 2.20. The highest BCUT2D eigenvalue weighted by atomic mass is 79.9. The number of rotatable bonds is 4. The van der Waals surface area contributed by atoms with E-state index in [1.54, 1.807) is 0 Å². The summed E-state index contributed by atoms with van der Waals surface area (Å²) in [7, 11) is 0. The quantitative estimate of drug-likeness (QED) is 0.596. The Morgan fingerprint density at radius 3 is 2.85 bits per heavy atom. The standard InChI is InChI=1S/C9H13BrN2O/c1-9(3-4-9)6-12-8(13)7(10)5-11-2/h5H,2-4,6H2,1H3,(H,12,13)/b7-5+. The van der Waals surface area contributed by atoms with E-state index in [2.05, 4.69) is 39.9 Å². The van der Waals surface area contributed by atoms with Gasteiger partial charge in [-0.1, -0.05) is 6.92 Å². The number of hydrogen-bond donors (Lipinski definition) is 1. The minimum Gasteiger partial charge on any atom is -0.351 e. The summed E-state index contributed by atoms with van der Waals surface area (Å²) in [6.45, 7) is 6.17. The average Bonchev–Trinajstić information content (AvgIpc) is 2.81. The molecule has 0 heterocycles. The Bertz CT molecular complexity index is 256. The second kappa shape index (κ2) is 4.05. The van der Waals surface area contributed by atoms with Gasteiger partial charge in [-0.2, -0.15) is 0 Å². The predicted octanol–water partition coefficient (Wildman–Crippen LogP) is 1.84. The fraction of sp³-hybridized carbons (Fsp3) is 0.556. The maximum Gasteiger partial charge on any atom is 0.259 e. The van der Waals surface area contributed by atoms with E-state index in [0.29, 0.717) is 9.90 Å². The van der Waals surface area contributed by atoms with Gasteiger partial charge in [0.2, 0.25) is 0 Å². The van der Waals surface area contributed by atoms with E-state index in [9.17, 15) is 4.79 Å². The summed E-state index contributed by atoms with van der Waals surface area (Å²) in [6.07, 6.45) is 3.80. The van der Waals surface area contributed by atoms with Crippen LogP contribution in [0.4, 0.5) is 0 Å². The topological polar surface area (TPSA) is 41.5 Å². The number of aliphatic imine (C=N–C) groups is 1. The maximum absolute atomic E-state index is 11.3. The third kappa shape index (κ3) is 3.30. The molecule has 1 rings (SSSR count).